The Kier molecular flexibility index (Phi) is 12.0. The summed E-state index contributed by atoms with van der Waals surface area (Å²) >= 11 is 0. The van der Waals surface area contributed by atoms with Crippen LogP contribution in [0.3, 0.4) is 0 Å². The van der Waals surface area contributed by atoms with Crippen molar-refractivity contribution in [1.29, 1.82) is 0 Å². The molecule has 0 fully saturated rings. The molecule has 8 nitrogen and oxygen atoms in total. The van der Waals surface area contributed by atoms with Gasteiger partial charge in [-0.05, 0) is 6.92 Å². The van der Waals surface area contributed by atoms with E-state index >= 15 is 0 Å². The summed E-state index contributed by atoms with van der Waals surface area (Å²) in [5.41, 5.74) is 0. The summed E-state index contributed by atoms with van der Waals surface area (Å²) < 4.78 is 26.5. The van der Waals surface area contributed by atoms with Crippen LogP contribution in [0.4, 0.5) is 0 Å². The Morgan fingerprint density at radius 1 is 0.733 bits per heavy atom. The topological polar surface area (TPSA) is 97.4 Å². The van der Waals surface area contributed by atoms with E-state index < -0.39 is 17.9 Å². The average Bonchev–Trinajstić information content (AvgIpc) is 2.72. The highest BCUT2D eigenvalue weighted by Crippen LogP contribution is 2.13. The zero-order chi connectivity index (χ0) is 22.5. The molecular weight excluding hydrogens is 392 g/mol. The molecule has 0 radical (unpaired) electrons. The summed E-state index contributed by atoms with van der Waals surface area (Å²) in [6, 6.07) is 0. The molecular formula is C22H34O8. The molecule has 0 saturated carbocycles. The van der Waals surface area contributed by atoms with E-state index in [1.165, 1.54) is 7.11 Å². The highest BCUT2D eigenvalue weighted by atomic mass is 16.6. The number of hydrogen-bond donors (Lipinski definition) is 0. The van der Waals surface area contributed by atoms with Gasteiger partial charge in [-0.15, -0.1) is 0 Å². The van der Waals surface area contributed by atoms with Gasteiger partial charge in [-0.2, -0.15) is 0 Å². The molecule has 0 spiro atoms. The number of carbonyl (C=O) groups excluding carboxylic acids is 3. The first kappa shape index (κ1) is 25.8. The van der Waals surface area contributed by atoms with Crippen LogP contribution in [0, 0.1) is 17.8 Å². The van der Waals surface area contributed by atoms with Crippen molar-refractivity contribution in [3.8, 4) is 0 Å². The lowest BCUT2D eigenvalue weighted by atomic mass is 10.0. The van der Waals surface area contributed by atoms with E-state index in [1.807, 2.05) is 26.0 Å². The van der Waals surface area contributed by atoms with Crippen molar-refractivity contribution in [2.75, 3.05) is 34.0 Å². The third-order valence-electron chi connectivity index (χ3n) is 4.92. The van der Waals surface area contributed by atoms with Crippen LogP contribution < -0.4 is 0 Å². The van der Waals surface area contributed by atoms with Crippen LogP contribution in [-0.4, -0.2) is 64.2 Å². The highest BCUT2D eigenvalue weighted by molar-refractivity contribution is 5.74. The van der Waals surface area contributed by atoms with Crippen LogP contribution in [0.5, 0.6) is 0 Å². The molecule has 1 aliphatic rings. The van der Waals surface area contributed by atoms with Crippen molar-refractivity contribution in [2.45, 2.75) is 45.8 Å². The van der Waals surface area contributed by atoms with E-state index in [2.05, 4.69) is 0 Å². The molecule has 1 rings (SSSR count). The SMILES string of the molecule is CO[C@H]1COC(=O)[C@H](C)COC(=O)C/C=C\[C@@H](C)[C@H](OC)COC(=O)C/C=C\[C@@H]1C. The molecule has 0 bridgehead atoms. The number of ether oxygens (including phenoxy) is 5. The number of esters is 3. The van der Waals surface area contributed by atoms with Crippen LogP contribution in [0.1, 0.15) is 33.6 Å². The summed E-state index contributed by atoms with van der Waals surface area (Å²) in [4.78, 5) is 36.0. The Balaban J connectivity index is 2.86. The fourth-order valence-electron chi connectivity index (χ4n) is 2.76. The monoisotopic (exact) mass is 426 g/mol. The van der Waals surface area contributed by atoms with Gasteiger partial charge >= 0.3 is 17.9 Å². The van der Waals surface area contributed by atoms with Crippen molar-refractivity contribution >= 4 is 17.9 Å². The third kappa shape index (κ3) is 9.54. The normalized spacial score (nSPS) is 33.0. The van der Waals surface area contributed by atoms with Crippen LogP contribution in [0.15, 0.2) is 24.3 Å². The molecule has 0 aromatic carbocycles. The van der Waals surface area contributed by atoms with Crippen molar-refractivity contribution in [1.82, 2.24) is 0 Å². The second kappa shape index (κ2) is 13.9. The first-order chi connectivity index (χ1) is 14.3. The van der Waals surface area contributed by atoms with E-state index in [0.717, 1.165) is 0 Å². The van der Waals surface area contributed by atoms with Crippen LogP contribution in [0.25, 0.3) is 0 Å². The molecule has 1 heterocycles. The van der Waals surface area contributed by atoms with E-state index in [-0.39, 0.29) is 62.7 Å². The minimum absolute atomic E-state index is 0.0508. The maximum Gasteiger partial charge on any atom is 0.312 e. The van der Waals surface area contributed by atoms with Crippen molar-refractivity contribution in [3.63, 3.8) is 0 Å². The second-order valence-corrected chi connectivity index (χ2v) is 7.43. The summed E-state index contributed by atoms with van der Waals surface area (Å²) in [5, 5.41) is 0. The Bertz CT molecular complexity index is 612. The zero-order valence-electron chi connectivity index (χ0n) is 18.5. The fraction of sp³-hybridized carbons (Fsp3) is 0.682. The van der Waals surface area contributed by atoms with Crippen LogP contribution in [-0.2, 0) is 38.1 Å². The number of methoxy groups -OCH3 is 2. The zero-order valence-corrected chi connectivity index (χ0v) is 18.5. The molecule has 170 valence electrons. The van der Waals surface area contributed by atoms with E-state index in [9.17, 15) is 14.4 Å². The van der Waals surface area contributed by atoms with Gasteiger partial charge in [-0.3, -0.25) is 14.4 Å². The lowest BCUT2D eigenvalue weighted by Gasteiger charge is -2.21. The number of rotatable bonds is 2. The van der Waals surface area contributed by atoms with E-state index in [4.69, 9.17) is 23.7 Å². The third-order valence-corrected chi connectivity index (χ3v) is 4.92. The quantitative estimate of drug-likeness (QED) is 0.377. The molecule has 0 aromatic heterocycles. The first-order valence-corrected chi connectivity index (χ1v) is 10.1. The molecule has 1 aliphatic heterocycles. The van der Waals surface area contributed by atoms with Gasteiger partial charge in [0.25, 0.3) is 0 Å². The lowest BCUT2D eigenvalue weighted by Crippen LogP contribution is -2.30. The number of hydrogen-bond acceptors (Lipinski definition) is 8. The van der Waals surface area contributed by atoms with Crippen molar-refractivity contribution < 1.29 is 38.1 Å². The molecule has 8 heteroatoms. The Hall–Kier alpha value is -2.19. The Morgan fingerprint density at radius 2 is 1.17 bits per heavy atom. The largest absolute Gasteiger partial charge is 0.465 e. The smallest absolute Gasteiger partial charge is 0.312 e. The molecule has 0 saturated heterocycles. The van der Waals surface area contributed by atoms with Gasteiger partial charge in [-0.1, -0.05) is 38.2 Å². The average molecular weight is 427 g/mol. The molecule has 0 unspecified atom stereocenters. The van der Waals surface area contributed by atoms with Crippen molar-refractivity contribution in [3.05, 3.63) is 24.3 Å². The second-order valence-electron chi connectivity index (χ2n) is 7.43. The van der Waals surface area contributed by atoms with E-state index in [1.54, 1.807) is 26.2 Å². The minimum atomic E-state index is -0.585. The molecule has 0 aliphatic carbocycles. The fourth-order valence-corrected chi connectivity index (χ4v) is 2.76. The Labute approximate surface area is 178 Å². The molecule has 0 N–H and O–H groups in total. The molecule has 0 aromatic rings. The standard InChI is InChI=1S/C22H34O8/c1-15-8-6-10-20(23)28-12-17(3)22(25)30-14-19(27-5)16(2)9-7-11-21(24)29-13-18(15)26-4/h6-9,15-19H,10-14H2,1-5H3/b8-6-,9-7-/t15-,16+,17-,18-,19+/m1/s1. The molecule has 30 heavy (non-hydrogen) atoms. The lowest BCUT2D eigenvalue weighted by molar-refractivity contribution is -0.157. The number of carbonyl (C=O) groups is 3. The predicted molar refractivity (Wildman–Crippen MR) is 109 cm³/mol. The van der Waals surface area contributed by atoms with Gasteiger partial charge in [0.1, 0.15) is 19.8 Å². The maximum atomic E-state index is 12.1. The van der Waals surface area contributed by atoms with Crippen LogP contribution in [0.2, 0.25) is 0 Å². The van der Waals surface area contributed by atoms with Gasteiger partial charge in [0.2, 0.25) is 0 Å². The Morgan fingerprint density at radius 3 is 1.63 bits per heavy atom. The van der Waals surface area contributed by atoms with Crippen molar-refractivity contribution in [2.24, 2.45) is 17.8 Å². The van der Waals surface area contributed by atoms with Crippen LogP contribution >= 0.6 is 0 Å². The summed E-state index contributed by atoms with van der Waals surface area (Å²) in [5.74, 6) is -2.03. The summed E-state index contributed by atoms with van der Waals surface area (Å²) in [6.45, 7) is 5.56. The van der Waals surface area contributed by atoms with E-state index in [0.29, 0.717) is 0 Å². The first-order valence-electron chi connectivity index (χ1n) is 10.1. The minimum Gasteiger partial charge on any atom is -0.465 e. The summed E-state index contributed by atoms with van der Waals surface area (Å²) in [6.07, 6.45) is 6.51. The maximum absolute atomic E-state index is 12.1. The number of cyclic esters (lactones) is 3. The summed E-state index contributed by atoms with van der Waals surface area (Å²) in [7, 11) is 3.07. The van der Waals surface area contributed by atoms with Gasteiger partial charge in [0.15, 0.2) is 0 Å². The molecule has 5 atom stereocenters. The highest BCUT2D eigenvalue weighted by Gasteiger charge is 2.22. The van der Waals surface area contributed by atoms with Gasteiger partial charge in [-0.25, -0.2) is 0 Å². The molecule has 0 amide bonds. The predicted octanol–water partition coefficient (Wildman–Crippen LogP) is 2.46. The van der Waals surface area contributed by atoms with Gasteiger partial charge in [0.05, 0.1) is 31.0 Å². The van der Waals surface area contributed by atoms with Gasteiger partial charge < -0.3 is 23.7 Å². The van der Waals surface area contributed by atoms with Gasteiger partial charge in [0, 0.05) is 26.1 Å².